The molecular weight excluding hydrogens is 558 g/mol. The van der Waals surface area contributed by atoms with Crippen molar-refractivity contribution in [3.05, 3.63) is 88.7 Å². The van der Waals surface area contributed by atoms with E-state index in [4.69, 9.17) is 15.2 Å². The Labute approximate surface area is 226 Å². The molecule has 1 heterocycles. The van der Waals surface area contributed by atoms with E-state index in [-0.39, 0.29) is 18.3 Å². The Morgan fingerprint density at radius 3 is 2.24 bits per heavy atom. The minimum absolute atomic E-state index is 0.0975. The number of amides is 2. The lowest BCUT2D eigenvalue weighted by Gasteiger charge is -2.12. The molecule has 0 radical (unpaired) electrons. The number of nitrogens with one attached hydrogen (secondary N) is 1. The number of hydrogen-bond acceptors (Lipinski definition) is 7. The normalized spacial score (nSPS) is 10.6. The Bertz CT molecular complexity index is 1360. The quantitative estimate of drug-likeness (QED) is 0.243. The monoisotopic (exact) mass is 581 g/mol. The molecule has 37 heavy (non-hydrogen) atoms. The van der Waals surface area contributed by atoms with Crippen molar-refractivity contribution in [3.8, 4) is 17.2 Å². The first-order valence-electron chi connectivity index (χ1n) is 11.3. The summed E-state index contributed by atoms with van der Waals surface area (Å²) in [5.74, 6) is 1.37. The van der Waals surface area contributed by atoms with Gasteiger partial charge < -0.3 is 20.5 Å². The lowest BCUT2D eigenvalue weighted by Crippen LogP contribution is -2.15. The molecule has 190 valence electrons. The van der Waals surface area contributed by atoms with E-state index in [1.54, 1.807) is 24.3 Å². The van der Waals surface area contributed by atoms with Crippen molar-refractivity contribution < 1.29 is 19.1 Å². The molecule has 0 fully saturated rings. The van der Waals surface area contributed by atoms with Gasteiger partial charge in [-0.3, -0.25) is 14.2 Å². The summed E-state index contributed by atoms with van der Waals surface area (Å²) in [6, 6.07) is 21.4. The number of carbonyl (C=O) groups excluding carboxylic acids is 2. The van der Waals surface area contributed by atoms with Crippen LogP contribution in [0.3, 0.4) is 0 Å². The third-order valence-corrected chi connectivity index (χ3v) is 6.53. The Morgan fingerprint density at radius 2 is 1.59 bits per heavy atom. The molecule has 1 aromatic heterocycles. The van der Waals surface area contributed by atoms with E-state index in [0.717, 1.165) is 15.9 Å². The minimum Gasteiger partial charge on any atom is -0.494 e. The maximum absolute atomic E-state index is 12.6. The van der Waals surface area contributed by atoms with Gasteiger partial charge in [0, 0.05) is 21.4 Å². The predicted octanol–water partition coefficient (Wildman–Crippen LogP) is 4.84. The third kappa shape index (κ3) is 7.11. The fourth-order valence-electron chi connectivity index (χ4n) is 3.33. The Hall–Kier alpha value is -3.83. The maximum atomic E-state index is 12.6. The first kappa shape index (κ1) is 26.2. The number of nitrogens with zero attached hydrogens (tertiary/aromatic N) is 3. The fourth-order valence-corrected chi connectivity index (χ4v) is 4.36. The summed E-state index contributed by atoms with van der Waals surface area (Å²) in [5, 5.41) is 12.0. The molecule has 0 unspecified atom stereocenters. The minimum atomic E-state index is -0.526. The van der Waals surface area contributed by atoms with Crippen molar-refractivity contribution in [2.45, 2.75) is 18.7 Å². The fraction of sp³-hybridized carbons (Fsp3) is 0.154. The molecule has 4 rings (SSSR count). The number of carbonyl (C=O) groups is 2. The standard InChI is InChI=1S/C26H24BrN5O4S/c1-2-35-21-13-9-20(10-14-21)32-23(15-36-22-11-5-18(27)6-12-22)30-31-26(32)37-16-24(33)29-19-7-3-17(4-8-19)25(28)34/h3-14H,2,15-16H2,1H3,(H2,28,34)(H,29,33). The van der Waals surface area contributed by atoms with Gasteiger partial charge in [0.25, 0.3) is 0 Å². The second-order valence-electron chi connectivity index (χ2n) is 7.68. The van der Waals surface area contributed by atoms with Gasteiger partial charge in [-0.2, -0.15) is 0 Å². The molecule has 0 bridgehead atoms. The van der Waals surface area contributed by atoms with Crippen molar-refractivity contribution in [1.82, 2.24) is 14.8 Å². The summed E-state index contributed by atoms with van der Waals surface area (Å²) in [4.78, 5) is 23.8. The van der Waals surface area contributed by atoms with Crippen LogP contribution in [0.2, 0.25) is 0 Å². The van der Waals surface area contributed by atoms with E-state index in [2.05, 4.69) is 31.4 Å². The van der Waals surface area contributed by atoms with Crippen LogP contribution in [0.4, 0.5) is 5.69 Å². The number of halogens is 1. The molecule has 11 heteroatoms. The molecule has 0 aliphatic heterocycles. The van der Waals surface area contributed by atoms with Gasteiger partial charge in [-0.25, -0.2) is 0 Å². The van der Waals surface area contributed by atoms with Crippen LogP contribution in [-0.4, -0.2) is 38.9 Å². The summed E-state index contributed by atoms with van der Waals surface area (Å²) in [7, 11) is 0. The summed E-state index contributed by atoms with van der Waals surface area (Å²) >= 11 is 4.66. The number of thioether (sulfide) groups is 1. The zero-order valence-corrected chi connectivity index (χ0v) is 22.3. The Balaban J connectivity index is 1.49. The van der Waals surface area contributed by atoms with E-state index in [1.165, 1.54) is 11.8 Å². The van der Waals surface area contributed by atoms with Crippen molar-refractivity contribution in [2.24, 2.45) is 5.73 Å². The SMILES string of the molecule is CCOc1ccc(-n2c(COc3ccc(Br)cc3)nnc2SCC(=O)Nc2ccc(C(N)=O)cc2)cc1. The highest BCUT2D eigenvalue weighted by Crippen LogP contribution is 2.25. The Morgan fingerprint density at radius 1 is 0.946 bits per heavy atom. The number of anilines is 1. The Kier molecular flexibility index (Phi) is 8.81. The molecule has 0 saturated carbocycles. The number of hydrogen-bond donors (Lipinski definition) is 2. The average molecular weight is 582 g/mol. The number of ether oxygens (including phenoxy) is 2. The molecule has 2 amide bonds. The molecule has 3 aromatic carbocycles. The van der Waals surface area contributed by atoms with Crippen LogP contribution in [-0.2, 0) is 11.4 Å². The van der Waals surface area contributed by atoms with Crippen LogP contribution < -0.4 is 20.5 Å². The van der Waals surface area contributed by atoms with Crippen LogP contribution in [0.1, 0.15) is 23.1 Å². The lowest BCUT2D eigenvalue weighted by molar-refractivity contribution is -0.113. The first-order valence-corrected chi connectivity index (χ1v) is 13.1. The second-order valence-corrected chi connectivity index (χ2v) is 9.54. The molecule has 0 atom stereocenters. The molecular formula is C26H24BrN5O4S. The molecule has 4 aromatic rings. The number of rotatable bonds is 11. The topological polar surface area (TPSA) is 121 Å². The summed E-state index contributed by atoms with van der Waals surface area (Å²) < 4.78 is 14.3. The van der Waals surface area contributed by atoms with Crippen LogP contribution in [0.15, 0.2) is 82.4 Å². The summed E-state index contributed by atoms with van der Waals surface area (Å²) in [6.45, 7) is 2.68. The van der Waals surface area contributed by atoms with Crippen LogP contribution in [0.5, 0.6) is 11.5 Å². The third-order valence-electron chi connectivity index (χ3n) is 5.07. The van der Waals surface area contributed by atoms with E-state index in [1.807, 2.05) is 60.0 Å². The van der Waals surface area contributed by atoms with Gasteiger partial charge in [0.15, 0.2) is 11.0 Å². The average Bonchev–Trinajstić information content (AvgIpc) is 3.31. The van der Waals surface area contributed by atoms with Crippen molar-refractivity contribution in [1.29, 1.82) is 0 Å². The molecule has 0 aliphatic carbocycles. The van der Waals surface area contributed by atoms with Gasteiger partial charge in [-0.05, 0) is 79.7 Å². The highest BCUT2D eigenvalue weighted by Gasteiger charge is 2.17. The van der Waals surface area contributed by atoms with E-state index >= 15 is 0 Å². The smallest absolute Gasteiger partial charge is 0.248 e. The van der Waals surface area contributed by atoms with Crippen molar-refractivity contribution in [2.75, 3.05) is 17.7 Å². The van der Waals surface area contributed by atoms with E-state index in [0.29, 0.717) is 34.6 Å². The van der Waals surface area contributed by atoms with Gasteiger partial charge in [0.1, 0.15) is 18.1 Å². The summed E-state index contributed by atoms with van der Waals surface area (Å²) in [6.07, 6.45) is 0. The number of benzene rings is 3. The summed E-state index contributed by atoms with van der Waals surface area (Å²) in [5.41, 5.74) is 7.01. The number of primary amides is 1. The van der Waals surface area contributed by atoms with Crippen LogP contribution in [0, 0.1) is 0 Å². The highest BCUT2D eigenvalue weighted by molar-refractivity contribution is 9.10. The highest BCUT2D eigenvalue weighted by atomic mass is 79.9. The van der Waals surface area contributed by atoms with Crippen molar-refractivity contribution in [3.63, 3.8) is 0 Å². The van der Waals surface area contributed by atoms with Crippen LogP contribution in [0.25, 0.3) is 5.69 Å². The first-order chi connectivity index (χ1) is 17.9. The molecule has 3 N–H and O–H groups in total. The second kappa shape index (κ2) is 12.4. The van der Waals surface area contributed by atoms with Gasteiger partial charge in [-0.1, -0.05) is 27.7 Å². The van der Waals surface area contributed by atoms with Crippen molar-refractivity contribution >= 4 is 45.2 Å². The number of aromatic nitrogens is 3. The molecule has 0 spiro atoms. The van der Waals surface area contributed by atoms with Gasteiger partial charge in [-0.15, -0.1) is 10.2 Å². The maximum Gasteiger partial charge on any atom is 0.248 e. The van der Waals surface area contributed by atoms with Gasteiger partial charge in [0.05, 0.1) is 12.4 Å². The zero-order chi connectivity index (χ0) is 26.2. The number of nitrogens with two attached hydrogens (primary N) is 1. The predicted molar refractivity (Wildman–Crippen MR) is 145 cm³/mol. The lowest BCUT2D eigenvalue weighted by atomic mass is 10.2. The van der Waals surface area contributed by atoms with E-state index < -0.39 is 5.91 Å². The molecule has 9 nitrogen and oxygen atoms in total. The van der Waals surface area contributed by atoms with Gasteiger partial charge in [0.2, 0.25) is 11.8 Å². The van der Waals surface area contributed by atoms with Crippen LogP contribution >= 0.6 is 27.7 Å². The molecule has 0 saturated heterocycles. The largest absolute Gasteiger partial charge is 0.494 e. The van der Waals surface area contributed by atoms with Gasteiger partial charge >= 0.3 is 0 Å². The molecule has 0 aliphatic rings. The zero-order valence-electron chi connectivity index (χ0n) is 19.9. The van der Waals surface area contributed by atoms with E-state index in [9.17, 15) is 9.59 Å².